The lowest BCUT2D eigenvalue weighted by Crippen LogP contribution is -2.34. The summed E-state index contributed by atoms with van der Waals surface area (Å²) < 4.78 is 1.93. The fraction of sp³-hybridized carbons (Fsp3) is 0.609. The van der Waals surface area contributed by atoms with Crippen LogP contribution < -0.4 is 4.90 Å². The SMILES string of the molecule is CCc1cc2c(N3CC[C@]4(CCN(C(c5cnn(C)c5)C(C)C)C4)C3)ncnc2s1. The molecule has 5 rings (SSSR count). The summed E-state index contributed by atoms with van der Waals surface area (Å²) in [5.41, 5.74) is 1.72. The Bertz CT molecular complexity index is 1040. The molecule has 2 saturated heterocycles. The van der Waals surface area contributed by atoms with E-state index in [9.17, 15) is 0 Å². The van der Waals surface area contributed by atoms with E-state index >= 15 is 0 Å². The van der Waals surface area contributed by atoms with Gasteiger partial charge in [0.05, 0.1) is 11.6 Å². The molecule has 5 heterocycles. The van der Waals surface area contributed by atoms with Gasteiger partial charge in [0.15, 0.2) is 0 Å². The van der Waals surface area contributed by atoms with Crippen LogP contribution in [0.3, 0.4) is 0 Å². The van der Waals surface area contributed by atoms with Gasteiger partial charge in [-0.05, 0) is 37.8 Å². The first-order chi connectivity index (χ1) is 14.5. The van der Waals surface area contributed by atoms with Crippen LogP contribution in [0.5, 0.6) is 0 Å². The summed E-state index contributed by atoms with van der Waals surface area (Å²) in [6, 6.07) is 2.75. The van der Waals surface area contributed by atoms with Gasteiger partial charge in [-0.1, -0.05) is 20.8 Å². The van der Waals surface area contributed by atoms with E-state index < -0.39 is 0 Å². The van der Waals surface area contributed by atoms with Crippen LogP contribution in [0.4, 0.5) is 5.82 Å². The zero-order chi connectivity index (χ0) is 20.9. The number of fused-ring (bicyclic) bond motifs is 1. The molecule has 7 heteroatoms. The molecular weight excluding hydrogens is 392 g/mol. The number of hydrogen-bond donors (Lipinski definition) is 0. The van der Waals surface area contributed by atoms with Crippen molar-refractivity contribution in [2.45, 2.75) is 46.1 Å². The molecule has 2 fully saturated rings. The lowest BCUT2D eigenvalue weighted by atomic mass is 9.86. The summed E-state index contributed by atoms with van der Waals surface area (Å²) in [6.45, 7) is 11.4. The summed E-state index contributed by atoms with van der Waals surface area (Å²) in [7, 11) is 2.01. The number of anilines is 1. The van der Waals surface area contributed by atoms with Crippen molar-refractivity contribution in [1.29, 1.82) is 0 Å². The third-order valence-corrected chi connectivity index (χ3v) is 8.19. The molecule has 0 N–H and O–H groups in total. The standard InChI is InChI=1S/C23H32N6S/c1-5-18-10-19-21(24-15-25-22(19)30-18)29-9-7-23(14-29)6-8-28(13-23)20(16(2)3)17-11-26-27(4)12-17/h10-12,15-16,20H,5-9,13-14H2,1-4H3/t20?,23-/m0/s1. The van der Waals surface area contributed by atoms with E-state index in [1.165, 1.54) is 41.8 Å². The maximum absolute atomic E-state index is 4.72. The lowest BCUT2D eigenvalue weighted by Gasteiger charge is -2.32. The Balaban J connectivity index is 1.36. The molecule has 2 aliphatic rings. The maximum atomic E-state index is 4.72. The molecule has 0 aliphatic carbocycles. The fourth-order valence-corrected chi connectivity index (χ4v) is 6.52. The minimum absolute atomic E-state index is 0.371. The van der Waals surface area contributed by atoms with Crippen molar-refractivity contribution >= 4 is 27.4 Å². The van der Waals surface area contributed by atoms with Gasteiger partial charge in [-0.3, -0.25) is 9.58 Å². The number of aryl methyl sites for hydroxylation is 2. The molecule has 160 valence electrons. The zero-order valence-corrected chi connectivity index (χ0v) is 19.3. The van der Waals surface area contributed by atoms with Gasteiger partial charge in [0.2, 0.25) is 0 Å². The molecular formula is C23H32N6S. The number of nitrogens with zero attached hydrogens (tertiary/aromatic N) is 6. The van der Waals surface area contributed by atoms with E-state index in [-0.39, 0.29) is 0 Å². The van der Waals surface area contributed by atoms with Crippen LogP contribution in [0.2, 0.25) is 0 Å². The van der Waals surface area contributed by atoms with Crippen LogP contribution in [0.25, 0.3) is 10.2 Å². The van der Waals surface area contributed by atoms with Crippen LogP contribution >= 0.6 is 11.3 Å². The lowest BCUT2D eigenvalue weighted by molar-refractivity contribution is 0.170. The largest absolute Gasteiger partial charge is 0.355 e. The van der Waals surface area contributed by atoms with Gasteiger partial charge in [0.25, 0.3) is 0 Å². The molecule has 0 amide bonds. The number of rotatable bonds is 5. The molecule has 3 aromatic rings. The Morgan fingerprint density at radius 2 is 2.00 bits per heavy atom. The van der Waals surface area contributed by atoms with Gasteiger partial charge in [-0.2, -0.15) is 5.10 Å². The Morgan fingerprint density at radius 1 is 1.17 bits per heavy atom. The van der Waals surface area contributed by atoms with E-state index in [0.717, 1.165) is 30.2 Å². The van der Waals surface area contributed by atoms with Crippen molar-refractivity contribution in [3.05, 3.63) is 35.2 Å². The smallest absolute Gasteiger partial charge is 0.140 e. The minimum atomic E-state index is 0.371. The van der Waals surface area contributed by atoms with Crippen molar-refractivity contribution in [2.75, 3.05) is 31.1 Å². The summed E-state index contributed by atoms with van der Waals surface area (Å²) in [5, 5.41) is 5.68. The monoisotopic (exact) mass is 424 g/mol. The second-order valence-corrected chi connectivity index (χ2v) is 10.6. The quantitative estimate of drug-likeness (QED) is 0.612. The van der Waals surface area contributed by atoms with E-state index in [2.05, 4.69) is 59.1 Å². The number of likely N-dealkylation sites (tertiary alicyclic amines) is 1. The van der Waals surface area contributed by atoms with Crippen LogP contribution in [0.15, 0.2) is 24.8 Å². The van der Waals surface area contributed by atoms with Gasteiger partial charge in [-0.25, -0.2) is 9.97 Å². The van der Waals surface area contributed by atoms with Crippen LogP contribution in [0.1, 0.15) is 50.1 Å². The fourth-order valence-electron chi connectivity index (χ4n) is 5.59. The maximum Gasteiger partial charge on any atom is 0.140 e. The van der Waals surface area contributed by atoms with Gasteiger partial charge < -0.3 is 4.90 Å². The highest BCUT2D eigenvalue weighted by Gasteiger charge is 2.46. The van der Waals surface area contributed by atoms with E-state index in [1.807, 2.05) is 23.1 Å². The molecule has 0 saturated carbocycles. The van der Waals surface area contributed by atoms with E-state index in [0.29, 0.717) is 17.4 Å². The molecule has 2 aliphatic heterocycles. The Hall–Kier alpha value is -1.99. The number of thiophene rings is 1. The predicted molar refractivity (Wildman–Crippen MR) is 123 cm³/mol. The molecule has 0 radical (unpaired) electrons. The van der Waals surface area contributed by atoms with Crippen molar-refractivity contribution in [3.8, 4) is 0 Å². The second kappa shape index (κ2) is 7.61. The van der Waals surface area contributed by atoms with Crippen LogP contribution in [0, 0.1) is 11.3 Å². The molecule has 6 nitrogen and oxygen atoms in total. The summed E-state index contributed by atoms with van der Waals surface area (Å²) in [5.74, 6) is 1.71. The third-order valence-electron chi connectivity index (χ3n) is 7.00. The van der Waals surface area contributed by atoms with E-state index in [1.54, 1.807) is 6.33 Å². The first kappa shape index (κ1) is 19.9. The zero-order valence-electron chi connectivity index (χ0n) is 18.5. The van der Waals surface area contributed by atoms with Crippen LogP contribution in [-0.4, -0.2) is 50.8 Å². The van der Waals surface area contributed by atoms with E-state index in [4.69, 9.17) is 4.98 Å². The van der Waals surface area contributed by atoms with Crippen molar-refractivity contribution in [2.24, 2.45) is 18.4 Å². The highest BCUT2D eigenvalue weighted by Crippen LogP contribution is 2.45. The highest BCUT2D eigenvalue weighted by atomic mass is 32.1. The molecule has 1 unspecified atom stereocenters. The summed E-state index contributed by atoms with van der Waals surface area (Å²) in [6.07, 6.45) is 9.57. The highest BCUT2D eigenvalue weighted by molar-refractivity contribution is 7.18. The van der Waals surface area contributed by atoms with Gasteiger partial charge in [-0.15, -0.1) is 11.3 Å². The summed E-state index contributed by atoms with van der Waals surface area (Å²) >= 11 is 1.81. The van der Waals surface area contributed by atoms with Crippen molar-refractivity contribution < 1.29 is 0 Å². The normalized spacial score (nSPS) is 23.4. The second-order valence-electron chi connectivity index (χ2n) is 9.51. The van der Waals surface area contributed by atoms with Gasteiger partial charge in [0, 0.05) is 54.8 Å². The molecule has 1 spiro atoms. The van der Waals surface area contributed by atoms with Crippen molar-refractivity contribution in [1.82, 2.24) is 24.6 Å². The van der Waals surface area contributed by atoms with Gasteiger partial charge in [0.1, 0.15) is 17.0 Å². The topological polar surface area (TPSA) is 50.1 Å². The first-order valence-electron chi connectivity index (χ1n) is 11.2. The first-order valence-corrected chi connectivity index (χ1v) is 12.0. The Labute approximate surface area is 182 Å². The van der Waals surface area contributed by atoms with Crippen LogP contribution in [-0.2, 0) is 13.5 Å². The molecule has 0 bridgehead atoms. The number of aromatic nitrogens is 4. The average molecular weight is 425 g/mol. The van der Waals surface area contributed by atoms with Crippen molar-refractivity contribution in [3.63, 3.8) is 0 Å². The molecule has 2 atom stereocenters. The Kier molecular flexibility index (Phi) is 5.06. The minimum Gasteiger partial charge on any atom is -0.355 e. The summed E-state index contributed by atoms with van der Waals surface area (Å²) in [4.78, 5) is 17.0. The van der Waals surface area contributed by atoms with Gasteiger partial charge >= 0.3 is 0 Å². The molecule has 3 aromatic heterocycles. The third kappa shape index (κ3) is 3.42. The molecule has 30 heavy (non-hydrogen) atoms. The number of hydrogen-bond acceptors (Lipinski definition) is 6. The molecule has 0 aromatic carbocycles. The predicted octanol–water partition coefficient (Wildman–Crippen LogP) is 4.29. The Morgan fingerprint density at radius 3 is 2.73 bits per heavy atom. The average Bonchev–Trinajstić information content (AvgIpc) is 3.50.